The fraction of sp³-hybridized carbons (Fsp3) is 0.222. The summed E-state index contributed by atoms with van der Waals surface area (Å²) in [5.41, 5.74) is 1.29. The van der Waals surface area contributed by atoms with Crippen LogP contribution in [-0.4, -0.2) is 19.8 Å². The number of hydrogen-bond acceptors (Lipinski definition) is 1. The lowest BCUT2D eigenvalue weighted by Crippen LogP contribution is -2.29. The van der Waals surface area contributed by atoms with E-state index in [0.29, 0.717) is 6.61 Å². The van der Waals surface area contributed by atoms with Crippen molar-refractivity contribution >= 4 is 21.5 Å². The van der Waals surface area contributed by atoms with Gasteiger partial charge in [0.1, 0.15) is 0 Å². The molecule has 20 heavy (non-hydrogen) atoms. The van der Waals surface area contributed by atoms with Crippen LogP contribution in [0.1, 0.15) is 11.6 Å². The minimum Gasteiger partial charge on any atom is -0.378 e. The Bertz CT molecular complexity index is 760. The van der Waals surface area contributed by atoms with Gasteiger partial charge in [-0.2, -0.15) is 0 Å². The first kappa shape index (κ1) is 11.9. The van der Waals surface area contributed by atoms with Crippen molar-refractivity contribution < 1.29 is 4.74 Å². The topological polar surface area (TPSA) is 23.3 Å². The van der Waals surface area contributed by atoms with E-state index in [4.69, 9.17) is 10.1 Å². The predicted molar refractivity (Wildman–Crippen MR) is 82.0 cm³/mol. The van der Waals surface area contributed by atoms with Crippen molar-refractivity contribution in [1.29, 1.82) is 0 Å². The van der Waals surface area contributed by atoms with Crippen molar-refractivity contribution in [2.45, 2.75) is 6.04 Å². The second-order valence-corrected chi connectivity index (χ2v) is 5.26. The lowest BCUT2D eigenvalue weighted by atomic mass is 9.96. The molecule has 1 heterocycles. The first-order valence-corrected chi connectivity index (χ1v) is 7.07. The Balaban J connectivity index is 1.94. The second kappa shape index (κ2) is 4.89. The van der Waals surface area contributed by atoms with Gasteiger partial charge in [0.05, 0.1) is 19.3 Å². The van der Waals surface area contributed by atoms with Gasteiger partial charge in [-0.3, -0.25) is 0 Å². The van der Waals surface area contributed by atoms with Crippen LogP contribution in [0.4, 0.5) is 0 Å². The summed E-state index contributed by atoms with van der Waals surface area (Å²) in [6.45, 7) is 2.25. The summed E-state index contributed by atoms with van der Waals surface area (Å²) < 4.78 is 5.58. The zero-order valence-electron chi connectivity index (χ0n) is 11.3. The number of morpholine rings is 1. The van der Waals surface area contributed by atoms with Gasteiger partial charge in [-0.25, -0.2) is 5.32 Å². The summed E-state index contributed by atoms with van der Waals surface area (Å²) in [5, 5.41) is 9.85. The van der Waals surface area contributed by atoms with Crippen molar-refractivity contribution in [3.63, 3.8) is 0 Å². The number of benzene rings is 3. The minimum atomic E-state index is 0.175. The molecule has 1 atom stereocenters. The van der Waals surface area contributed by atoms with E-state index in [0.717, 1.165) is 13.2 Å². The Morgan fingerprint density at radius 1 is 0.900 bits per heavy atom. The lowest BCUT2D eigenvalue weighted by molar-refractivity contribution is 0.0749. The van der Waals surface area contributed by atoms with Crippen molar-refractivity contribution in [3.8, 4) is 0 Å². The highest BCUT2D eigenvalue weighted by molar-refractivity contribution is 5.99. The van der Waals surface area contributed by atoms with Crippen LogP contribution >= 0.6 is 0 Å². The number of ether oxygens (including phenoxy) is 1. The summed E-state index contributed by atoms with van der Waals surface area (Å²) in [7, 11) is 0. The summed E-state index contributed by atoms with van der Waals surface area (Å²) >= 11 is 0. The fourth-order valence-electron chi connectivity index (χ4n) is 2.99. The highest BCUT2D eigenvalue weighted by Crippen LogP contribution is 2.30. The maximum absolute atomic E-state index is 5.58. The quantitative estimate of drug-likeness (QED) is 0.614. The molecule has 0 aliphatic carbocycles. The summed E-state index contributed by atoms with van der Waals surface area (Å²) in [6.07, 6.45) is 0. The van der Waals surface area contributed by atoms with Gasteiger partial charge in [-0.1, -0.05) is 42.5 Å². The van der Waals surface area contributed by atoms with E-state index in [1.165, 1.54) is 27.1 Å². The highest BCUT2D eigenvalue weighted by Gasteiger charge is 2.18. The Morgan fingerprint density at radius 3 is 2.50 bits per heavy atom. The van der Waals surface area contributed by atoms with Crippen molar-refractivity contribution in [1.82, 2.24) is 5.32 Å². The molecule has 1 saturated heterocycles. The standard InChI is InChI=1S/C18H16NO/c1-2-5-14-11-17-15(10-13(14)4-1)6-3-7-16(17)18-12-20-9-8-19-18/h1-7,10-11,18H,8-9,12H2. The van der Waals surface area contributed by atoms with Crippen LogP contribution in [0, 0.1) is 0 Å². The molecule has 2 nitrogen and oxygen atoms in total. The SMILES string of the molecule is c1ccc2cc3c(C4COCC[N]4)cccc3cc2c1. The molecule has 0 bridgehead atoms. The molecule has 1 unspecified atom stereocenters. The van der Waals surface area contributed by atoms with Crippen LogP contribution in [0.3, 0.4) is 0 Å². The summed E-state index contributed by atoms with van der Waals surface area (Å²) in [4.78, 5) is 0. The second-order valence-electron chi connectivity index (χ2n) is 5.26. The molecule has 0 amide bonds. The van der Waals surface area contributed by atoms with E-state index in [-0.39, 0.29) is 6.04 Å². The molecular formula is C18H16NO. The Morgan fingerprint density at radius 2 is 1.70 bits per heavy atom. The van der Waals surface area contributed by atoms with Gasteiger partial charge in [-0.15, -0.1) is 0 Å². The van der Waals surface area contributed by atoms with E-state index in [1.54, 1.807) is 0 Å². The average Bonchev–Trinajstić information content (AvgIpc) is 2.53. The van der Waals surface area contributed by atoms with Gasteiger partial charge in [0.15, 0.2) is 0 Å². The minimum absolute atomic E-state index is 0.175. The molecule has 3 aromatic rings. The lowest BCUT2D eigenvalue weighted by Gasteiger charge is -2.23. The molecule has 0 spiro atoms. The van der Waals surface area contributed by atoms with Gasteiger partial charge in [0, 0.05) is 6.54 Å². The molecule has 0 N–H and O–H groups in total. The molecule has 3 aromatic carbocycles. The number of nitrogens with zero attached hydrogens (tertiary/aromatic N) is 1. The Labute approximate surface area is 118 Å². The normalized spacial score (nSPS) is 19.5. The van der Waals surface area contributed by atoms with Crippen LogP contribution < -0.4 is 5.32 Å². The first-order chi connectivity index (χ1) is 9.92. The molecular weight excluding hydrogens is 246 g/mol. The van der Waals surface area contributed by atoms with Crippen LogP contribution in [0.5, 0.6) is 0 Å². The zero-order valence-corrected chi connectivity index (χ0v) is 11.3. The fourth-order valence-corrected chi connectivity index (χ4v) is 2.99. The van der Waals surface area contributed by atoms with Gasteiger partial charge < -0.3 is 4.74 Å². The molecule has 4 rings (SSSR count). The molecule has 1 radical (unpaired) electrons. The molecule has 2 heteroatoms. The van der Waals surface area contributed by atoms with E-state index >= 15 is 0 Å². The van der Waals surface area contributed by atoms with Crippen molar-refractivity contribution in [2.24, 2.45) is 0 Å². The third-order valence-electron chi connectivity index (χ3n) is 4.00. The molecule has 1 fully saturated rings. The largest absolute Gasteiger partial charge is 0.378 e. The number of rotatable bonds is 1. The van der Waals surface area contributed by atoms with Gasteiger partial charge in [-0.05, 0) is 39.2 Å². The van der Waals surface area contributed by atoms with Crippen LogP contribution in [0.25, 0.3) is 21.5 Å². The van der Waals surface area contributed by atoms with Gasteiger partial charge >= 0.3 is 0 Å². The maximum Gasteiger partial charge on any atom is 0.0736 e. The molecule has 1 aliphatic rings. The zero-order chi connectivity index (χ0) is 13.4. The molecule has 0 aromatic heterocycles. The van der Waals surface area contributed by atoms with Crippen LogP contribution in [0.15, 0.2) is 54.6 Å². The summed E-state index contributed by atoms with van der Waals surface area (Å²) in [6, 6.07) is 19.7. The predicted octanol–water partition coefficient (Wildman–Crippen LogP) is 3.67. The van der Waals surface area contributed by atoms with E-state index in [9.17, 15) is 0 Å². The molecule has 0 saturated carbocycles. The maximum atomic E-state index is 5.58. The van der Waals surface area contributed by atoms with Crippen LogP contribution in [0.2, 0.25) is 0 Å². The third-order valence-corrected chi connectivity index (χ3v) is 4.00. The van der Waals surface area contributed by atoms with Crippen molar-refractivity contribution in [2.75, 3.05) is 19.8 Å². The van der Waals surface area contributed by atoms with Gasteiger partial charge in [0.25, 0.3) is 0 Å². The average molecular weight is 262 g/mol. The smallest absolute Gasteiger partial charge is 0.0736 e. The molecule has 1 aliphatic heterocycles. The Hall–Kier alpha value is -1.90. The van der Waals surface area contributed by atoms with E-state index in [1.807, 2.05) is 0 Å². The van der Waals surface area contributed by atoms with E-state index < -0.39 is 0 Å². The molecule has 99 valence electrons. The third kappa shape index (κ3) is 1.98. The monoisotopic (exact) mass is 262 g/mol. The highest BCUT2D eigenvalue weighted by atomic mass is 16.5. The summed E-state index contributed by atoms with van der Waals surface area (Å²) in [5.74, 6) is 0. The Kier molecular flexibility index (Phi) is 2.91. The van der Waals surface area contributed by atoms with Crippen LogP contribution in [-0.2, 0) is 4.74 Å². The number of fused-ring (bicyclic) bond motifs is 2. The van der Waals surface area contributed by atoms with E-state index in [2.05, 4.69) is 54.6 Å². The first-order valence-electron chi connectivity index (χ1n) is 7.07. The van der Waals surface area contributed by atoms with Crippen molar-refractivity contribution in [3.05, 3.63) is 60.2 Å². The van der Waals surface area contributed by atoms with Gasteiger partial charge in [0.2, 0.25) is 0 Å². The number of hydrogen-bond donors (Lipinski definition) is 0.